The number of carbonyl (C=O) groups is 1. The number of hydrogen-bond donors (Lipinski definition) is 0. The molecule has 0 aromatic carbocycles. The molecule has 0 aliphatic carbocycles. The zero-order valence-electron chi connectivity index (χ0n) is 13.2. The Balaban J connectivity index is 1.84. The first kappa shape index (κ1) is 15.0. The van der Waals surface area contributed by atoms with Gasteiger partial charge in [-0.1, -0.05) is 6.08 Å². The molecule has 2 aliphatic heterocycles. The highest BCUT2D eigenvalue weighted by Gasteiger charge is 2.41. The molecule has 3 heterocycles. The fraction of sp³-hybridized carbons (Fsp3) is 0.529. The maximum absolute atomic E-state index is 13.9. The molecule has 2 unspecified atom stereocenters. The van der Waals surface area contributed by atoms with Gasteiger partial charge in [0.25, 0.3) is 0 Å². The van der Waals surface area contributed by atoms with Gasteiger partial charge in [-0.2, -0.15) is 4.39 Å². The summed E-state index contributed by atoms with van der Waals surface area (Å²) in [6.45, 7) is 5.59. The second-order valence-corrected chi connectivity index (χ2v) is 6.92. The van der Waals surface area contributed by atoms with Crippen molar-refractivity contribution in [2.45, 2.75) is 57.7 Å². The first-order valence-electron chi connectivity index (χ1n) is 7.68. The Labute approximate surface area is 130 Å². The summed E-state index contributed by atoms with van der Waals surface area (Å²) in [7, 11) is 0. The number of aromatic nitrogens is 1. The van der Waals surface area contributed by atoms with Gasteiger partial charge in [0.15, 0.2) is 0 Å². The standard InChI is InChI=1S/C17H21FN2O2/c1-17(2,3)22-16(21)20-12-6-7-13(20)10-11(9-12)14-5-4-8-19-15(14)18/h4-5,8-9,12-13H,6-7,10H2,1-3H3. The van der Waals surface area contributed by atoms with Gasteiger partial charge in [0.2, 0.25) is 5.95 Å². The number of amides is 1. The highest BCUT2D eigenvalue weighted by atomic mass is 19.1. The summed E-state index contributed by atoms with van der Waals surface area (Å²) in [6, 6.07) is 3.56. The van der Waals surface area contributed by atoms with Crippen molar-refractivity contribution >= 4 is 11.7 Å². The van der Waals surface area contributed by atoms with Crippen LogP contribution in [0.25, 0.3) is 5.57 Å². The molecule has 1 aromatic heterocycles. The maximum atomic E-state index is 13.9. The van der Waals surface area contributed by atoms with E-state index in [-0.39, 0.29) is 18.2 Å². The lowest BCUT2D eigenvalue weighted by Crippen LogP contribution is -2.45. The zero-order chi connectivity index (χ0) is 15.9. The maximum Gasteiger partial charge on any atom is 0.411 e. The molecule has 1 fully saturated rings. The number of rotatable bonds is 1. The second-order valence-electron chi connectivity index (χ2n) is 6.92. The van der Waals surface area contributed by atoms with Crippen LogP contribution in [0.3, 0.4) is 0 Å². The van der Waals surface area contributed by atoms with E-state index in [1.54, 1.807) is 12.1 Å². The number of nitrogens with zero attached hydrogens (tertiary/aromatic N) is 2. The van der Waals surface area contributed by atoms with Gasteiger partial charge < -0.3 is 4.74 Å². The van der Waals surface area contributed by atoms with E-state index in [1.807, 2.05) is 31.7 Å². The molecule has 4 nitrogen and oxygen atoms in total. The van der Waals surface area contributed by atoms with Crippen LogP contribution in [-0.4, -0.2) is 33.7 Å². The van der Waals surface area contributed by atoms with Crippen molar-refractivity contribution in [2.75, 3.05) is 0 Å². The lowest BCUT2D eigenvalue weighted by atomic mass is 9.96. The summed E-state index contributed by atoms with van der Waals surface area (Å²) in [5.41, 5.74) is 0.983. The SMILES string of the molecule is CC(C)(C)OC(=O)N1C2C=C(c3cccnc3F)CC1CC2. The fourth-order valence-corrected chi connectivity index (χ4v) is 3.25. The molecule has 2 aliphatic rings. The minimum atomic E-state index is -0.504. The molecule has 1 saturated heterocycles. The summed E-state index contributed by atoms with van der Waals surface area (Å²) in [5.74, 6) is -0.445. The van der Waals surface area contributed by atoms with Gasteiger partial charge in [0, 0.05) is 17.8 Å². The monoisotopic (exact) mass is 304 g/mol. The van der Waals surface area contributed by atoms with E-state index in [0.717, 1.165) is 18.4 Å². The molecule has 0 radical (unpaired) electrons. The summed E-state index contributed by atoms with van der Waals surface area (Å²) in [5, 5.41) is 0. The zero-order valence-corrected chi connectivity index (χ0v) is 13.2. The Bertz CT molecular complexity index is 621. The van der Waals surface area contributed by atoms with Gasteiger partial charge in [-0.15, -0.1) is 0 Å². The van der Waals surface area contributed by atoms with Crippen LogP contribution in [0.5, 0.6) is 0 Å². The van der Waals surface area contributed by atoms with E-state index in [1.165, 1.54) is 6.20 Å². The first-order chi connectivity index (χ1) is 10.3. The normalized spacial score (nSPS) is 24.2. The van der Waals surface area contributed by atoms with E-state index < -0.39 is 11.5 Å². The third kappa shape index (κ3) is 2.85. The Kier molecular flexibility index (Phi) is 3.67. The molecule has 3 rings (SSSR count). The van der Waals surface area contributed by atoms with Gasteiger partial charge in [-0.05, 0) is 57.7 Å². The molecule has 1 amide bonds. The van der Waals surface area contributed by atoms with Gasteiger partial charge in [0.05, 0.1) is 6.04 Å². The number of fused-ring (bicyclic) bond motifs is 2. The van der Waals surface area contributed by atoms with Crippen LogP contribution >= 0.6 is 0 Å². The van der Waals surface area contributed by atoms with E-state index in [2.05, 4.69) is 4.98 Å². The van der Waals surface area contributed by atoms with Crippen molar-refractivity contribution in [2.24, 2.45) is 0 Å². The average Bonchev–Trinajstić information content (AvgIpc) is 2.68. The Morgan fingerprint density at radius 1 is 1.41 bits per heavy atom. The van der Waals surface area contributed by atoms with Crippen LogP contribution in [0.15, 0.2) is 24.4 Å². The number of pyridine rings is 1. The van der Waals surface area contributed by atoms with Gasteiger partial charge >= 0.3 is 6.09 Å². The molecule has 118 valence electrons. The number of hydrogen-bond acceptors (Lipinski definition) is 3. The molecule has 5 heteroatoms. The number of halogens is 1. The Morgan fingerprint density at radius 3 is 2.82 bits per heavy atom. The van der Waals surface area contributed by atoms with Gasteiger partial charge in [-0.25, -0.2) is 9.78 Å². The predicted molar refractivity (Wildman–Crippen MR) is 81.7 cm³/mol. The average molecular weight is 304 g/mol. The number of carbonyl (C=O) groups excluding carboxylic acids is 1. The summed E-state index contributed by atoms with van der Waals surface area (Å²) < 4.78 is 19.4. The van der Waals surface area contributed by atoms with Gasteiger partial charge in [-0.3, -0.25) is 4.90 Å². The molecule has 2 bridgehead atoms. The molecule has 2 atom stereocenters. The highest BCUT2D eigenvalue weighted by Crippen LogP contribution is 2.39. The quantitative estimate of drug-likeness (QED) is 0.742. The Morgan fingerprint density at radius 2 is 2.18 bits per heavy atom. The minimum Gasteiger partial charge on any atom is -0.444 e. The van der Waals surface area contributed by atoms with Crippen molar-refractivity contribution < 1.29 is 13.9 Å². The molecular formula is C17H21FN2O2. The molecule has 1 aromatic rings. The topological polar surface area (TPSA) is 42.4 Å². The minimum absolute atomic E-state index is 0.0109. The molecule has 0 saturated carbocycles. The lowest BCUT2D eigenvalue weighted by molar-refractivity contribution is 0.0175. The van der Waals surface area contributed by atoms with Gasteiger partial charge in [0.1, 0.15) is 5.60 Å². The summed E-state index contributed by atoms with van der Waals surface area (Å²) >= 11 is 0. The molecule has 0 N–H and O–H groups in total. The smallest absolute Gasteiger partial charge is 0.411 e. The lowest BCUT2D eigenvalue weighted by Gasteiger charge is -2.35. The van der Waals surface area contributed by atoms with Crippen LogP contribution in [0.4, 0.5) is 9.18 Å². The molecular weight excluding hydrogens is 283 g/mol. The van der Waals surface area contributed by atoms with Crippen molar-refractivity contribution in [1.29, 1.82) is 0 Å². The first-order valence-corrected chi connectivity index (χ1v) is 7.68. The fourth-order valence-electron chi connectivity index (χ4n) is 3.25. The van der Waals surface area contributed by atoms with Crippen LogP contribution in [0, 0.1) is 5.95 Å². The van der Waals surface area contributed by atoms with E-state index in [9.17, 15) is 9.18 Å². The third-order valence-corrected chi connectivity index (χ3v) is 4.10. The van der Waals surface area contributed by atoms with E-state index in [0.29, 0.717) is 12.0 Å². The van der Waals surface area contributed by atoms with E-state index >= 15 is 0 Å². The summed E-state index contributed by atoms with van der Waals surface area (Å²) in [6.07, 6.45) is 5.64. The van der Waals surface area contributed by atoms with Crippen LogP contribution in [-0.2, 0) is 4.74 Å². The second kappa shape index (κ2) is 5.38. The third-order valence-electron chi connectivity index (χ3n) is 4.10. The predicted octanol–water partition coefficient (Wildman–Crippen LogP) is 3.78. The van der Waals surface area contributed by atoms with Crippen LogP contribution in [0.2, 0.25) is 0 Å². The summed E-state index contributed by atoms with van der Waals surface area (Å²) in [4.78, 5) is 17.9. The Hall–Kier alpha value is -1.91. The van der Waals surface area contributed by atoms with Crippen molar-refractivity contribution in [3.8, 4) is 0 Å². The van der Waals surface area contributed by atoms with Crippen LogP contribution < -0.4 is 0 Å². The highest BCUT2D eigenvalue weighted by molar-refractivity contribution is 5.75. The largest absolute Gasteiger partial charge is 0.444 e. The van der Waals surface area contributed by atoms with E-state index in [4.69, 9.17) is 4.74 Å². The molecule has 0 spiro atoms. The van der Waals surface area contributed by atoms with Crippen molar-refractivity contribution in [1.82, 2.24) is 9.88 Å². The molecule has 22 heavy (non-hydrogen) atoms. The number of ether oxygens (including phenoxy) is 1. The van der Waals surface area contributed by atoms with Crippen molar-refractivity contribution in [3.63, 3.8) is 0 Å². The van der Waals surface area contributed by atoms with Crippen molar-refractivity contribution in [3.05, 3.63) is 35.9 Å². The van der Waals surface area contributed by atoms with Crippen LogP contribution in [0.1, 0.15) is 45.6 Å².